The number of aromatic nitrogens is 1. The van der Waals surface area contributed by atoms with E-state index in [1.54, 1.807) is 11.1 Å². The lowest BCUT2D eigenvalue weighted by Gasteiger charge is -2.21. The molecule has 0 radical (unpaired) electrons. The third kappa shape index (κ3) is 4.03. The molecule has 116 valence electrons. The largest absolute Gasteiger partial charge is 0.349 e. The van der Waals surface area contributed by atoms with E-state index in [4.69, 9.17) is 0 Å². The quantitative estimate of drug-likeness (QED) is 0.834. The van der Waals surface area contributed by atoms with Crippen molar-refractivity contribution < 1.29 is 4.79 Å². The van der Waals surface area contributed by atoms with Crippen molar-refractivity contribution in [3.05, 3.63) is 30.1 Å². The van der Waals surface area contributed by atoms with Crippen LogP contribution in [0.5, 0.6) is 0 Å². The Labute approximate surface area is 128 Å². The fourth-order valence-electron chi connectivity index (χ4n) is 3.02. The van der Waals surface area contributed by atoms with Gasteiger partial charge in [0.1, 0.15) is 0 Å². The predicted octanol–water partition coefficient (Wildman–Crippen LogP) is 2.23. The van der Waals surface area contributed by atoms with E-state index in [1.165, 1.54) is 12.0 Å². The second-order valence-electron chi connectivity index (χ2n) is 6.67. The molecule has 0 bridgehead atoms. The zero-order chi connectivity index (χ0) is 15.4. The fourth-order valence-corrected chi connectivity index (χ4v) is 3.02. The van der Waals surface area contributed by atoms with Gasteiger partial charge in [-0.15, -0.1) is 0 Å². The normalized spacial score (nSPS) is 22.7. The van der Waals surface area contributed by atoms with Gasteiger partial charge in [-0.1, -0.05) is 19.9 Å². The lowest BCUT2D eigenvalue weighted by molar-refractivity contribution is -0.132. The monoisotopic (exact) mass is 289 g/mol. The number of hydrogen-bond acceptors (Lipinski definition) is 3. The highest BCUT2D eigenvalue weighted by atomic mass is 16.2. The molecule has 2 heterocycles. The van der Waals surface area contributed by atoms with Crippen molar-refractivity contribution in [2.75, 3.05) is 33.7 Å². The first-order chi connectivity index (χ1) is 9.99. The molecule has 1 unspecified atom stereocenters. The molecule has 1 fully saturated rings. The molecule has 0 aliphatic carbocycles. The third-order valence-corrected chi connectivity index (χ3v) is 4.29. The second-order valence-corrected chi connectivity index (χ2v) is 6.67. The van der Waals surface area contributed by atoms with Crippen molar-refractivity contribution in [2.24, 2.45) is 11.8 Å². The van der Waals surface area contributed by atoms with Crippen LogP contribution in [0.1, 0.15) is 31.7 Å². The summed E-state index contributed by atoms with van der Waals surface area (Å²) in [5.41, 5.74) is 1.18. The van der Waals surface area contributed by atoms with Gasteiger partial charge in [0.2, 0.25) is 5.91 Å². The smallest absolute Gasteiger partial charge is 0.227 e. The number of carbonyl (C=O) groups is 1. The Morgan fingerprint density at radius 3 is 2.76 bits per heavy atom. The van der Waals surface area contributed by atoms with Crippen LogP contribution in [-0.4, -0.2) is 54.4 Å². The standard InChI is InChI=1S/C17H27N3O/c1-13(2)7-9-20-11-15(14-6-5-8-18-10-14)16(12-20)17(21)19(3)4/h5-6,8,10,13,15-16H,7,9,11-12H2,1-4H3/t15-,16?/m1/s1. The number of rotatable bonds is 5. The Balaban J connectivity index is 2.13. The van der Waals surface area contributed by atoms with E-state index in [-0.39, 0.29) is 17.7 Å². The number of nitrogens with zero attached hydrogens (tertiary/aromatic N) is 3. The first kappa shape index (κ1) is 16.0. The van der Waals surface area contributed by atoms with E-state index in [9.17, 15) is 4.79 Å². The van der Waals surface area contributed by atoms with E-state index < -0.39 is 0 Å². The molecule has 1 aromatic rings. The summed E-state index contributed by atoms with van der Waals surface area (Å²) in [6.45, 7) is 7.39. The summed E-state index contributed by atoms with van der Waals surface area (Å²) in [4.78, 5) is 20.9. The topological polar surface area (TPSA) is 36.4 Å². The Morgan fingerprint density at radius 2 is 2.19 bits per heavy atom. The van der Waals surface area contributed by atoms with Crippen LogP contribution in [0.3, 0.4) is 0 Å². The van der Waals surface area contributed by atoms with E-state index in [0.717, 1.165) is 19.6 Å². The van der Waals surface area contributed by atoms with Crippen molar-refractivity contribution in [2.45, 2.75) is 26.2 Å². The van der Waals surface area contributed by atoms with Gasteiger partial charge in [-0.2, -0.15) is 0 Å². The van der Waals surface area contributed by atoms with Gasteiger partial charge in [-0.3, -0.25) is 9.78 Å². The lowest BCUT2D eigenvalue weighted by atomic mass is 9.89. The average molecular weight is 289 g/mol. The Hall–Kier alpha value is -1.42. The van der Waals surface area contributed by atoms with Crippen LogP contribution in [0.4, 0.5) is 0 Å². The minimum atomic E-state index is 0.0522. The van der Waals surface area contributed by atoms with Crippen molar-refractivity contribution >= 4 is 5.91 Å². The summed E-state index contributed by atoms with van der Waals surface area (Å²) in [7, 11) is 3.69. The minimum absolute atomic E-state index is 0.0522. The molecule has 0 spiro atoms. The maximum atomic E-state index is 12.5. The molecule has 21 heavy (non-hydrogen) atoms. The Kier molecular flexibility index (Phi) is 5.34. The zero-order valence-electron chi connectivity index (χ0n) is 13.6. The predicted molar refractivity (Wildman–Crippen MR) is 85.1 cm³/mol. The van der Waals surface area contributed by atoms with E-state index in [0.29, 0.717) is 5.92 Å². The summed E-state index contributed by atoms with van der Waals surface area (Å²) in [5, 5.41) is 0. The Bertz CT molecular complexity index is 458. The van der Waals surface area contributed by atoms with Crippen molar-refractivity contribution in [3.63, 3.8) is 0 Å². The van der Waals surface area contributed by atoms with Gasteiger partial charge in [0, 0.05) is 45.5 Å². The average Bonchev–Trinajstić information content (AvgIpc) is 2.89. The van der Waals surface area contributed by atoms with Crippen molar-refractivity contribution in [1.29, 1.82) is 0 Å². The van der Waals surface area contributed by atoms with Crippen molar-refractivity contribution in [1.82, 2.24) is 14.8 Å². The summed E-state index contributed by atoms with van der Waals surface area (Å²) >= 11 is 0. The molecular weight excluding hydrogens is 262 g/mol. The van der Waals surface area contributed by atoms with Gasteiger partial charge in [-0.25, -0.2) is 0 Å². The molecule has 2 rings (SSSR count). The SMILES string of the molecule is CC(C)CCN1CC(C(=O)N(C)C)[C@@H](c2cccnc2)C1. The van der Waals surface area contributed by atoms with Crippen LogP contribution in [0.2, 0.25) is 0 Å². The Morgan fingerprint density at radius 1 is 1.43 bits per heavy atom. The summed E-state index contributed by atoms with van der Waals surface area (Å²) in [6, 6.07) is 4.06. The second kappa shape index (κ2) is 7.03. The fraction of sp³-hybridized carbons (Fsp3) is 0.647. The van der Waals surface area contributed by atoms with E-state index in [2.05, 4.69) is 29.8 Å². The number of carbonyl (C=O) groups excluding carboxylic acids is 1. The molecule has 0 saturated carbocycles. The van der Waals surface area contributed by atoms with Crippen LogP contribution in [0, 0.1) is 11.8 Å². The van der Waals surface area contributed by atoms with Gasteiger partial charge >= 0.3 is 0 Å². The highest BCUT2D eigenvalue weighted by Gasteiger charge is 2.38. The van der Waals surface area contributed by atoms with Crippen LogP contribution in [0.15, 0.2) is 24.5 Å². The third-order valence-electron chi connectivity index (χ3n) is 4.29. The van der Waals surface area contributed by atoms with Gasteiger partial charge in [-0.05, 0) is 30.5 Å². The van der Waals surface area contributed by atoms with Gasteiger partial charge in [0.25, 0.3) is 0 Å². The number of amides is 1. The molecular formula is C17H27N3O. The molecule has 1 amide bonds. The van der Waals surface area contributed by atoms with Crippen LogP contribution >= 0.6 is 0 Å². The van der Waals surface area contributed by atoms with Gasteiger partial charge < -0.3 is 9.80 Å². The highest BCUT2D eigenvalue weighted by molar-refractivity contribution is 5.80. The van der Waals surface area contributed by atoms with Crippen molar-refractivity contribution in [3.8, 4) is 0 Å². The number of hydrogen-bond donors (Lipinski definition) is 0. The highest BCUT2D eigenvalue weighted by Crippen LogP contribution is 2.33. The molecule has 2 atom stereocenters. The van der Waals surface area contributed by atoms with Gasteiger partial charge in [0.15, 0.2) is 0 Å². The van der Waals surface area contributed by atoms with Crippen LogP contribution < -0.4 is 0 Å². The van der Waals surface area contributed by atoms with Gasteiger partial charge in [0.05, 0.1) is 5.92 Å². The molecule has 1 aliphatic rings. The molecule has 0 N–H and O–H groups in total. The number of likely N-dealkylation sites (tertiary alicyclic amines) is 1. The first-order valence-corrected chi connectivity index (χ1v) is 7.82. The maximum absolute atomic E-state index is 12.5. The molecule has 1 aromatic heterocycles. The molecule has 1 aliphatic heterocycles. The zero-order valence-corrected chi connectivity index (χ0v) is 13.6. The summed E-state index contributed by atoms with van der Waals surface area (Å²) < 4.78 is 0. The molecule has 4 nitrogen and oxygen atoms in total. The van der Waals surface area contributed by atoms with E-state index >= 15 is 0 Å². The summed E-state index contributed by atoms with van der Waals surface area (Å²) in [6.07, 6.45) is 4.88. The first-order valence-electron chi connectivity index (χ1n) is 7.82. The maximum Gasteiger partial charge on any atom is 0.227 e. The van der Waals surface area contributed by atoms with Crippen LogP contribution in [-0.2, 0) is 4.79 Å². The molecule has 4 heteroatoms. The lowest BCUT2D eigenvalue weighted by Crippen LogP contribution is -2.34. The minimum Gasteiger partial charge on any atom is -0.349 e. The number of pyridine rings is 1. The molecule has 0 aromatic carbocycles. The van der Waals surface area contributed by atoms with Crippen LogP contribution in [0.25, 0.3) is 0 Å². The van der Waals surface area contributed by atoms with E-state index in [1.807, 2.05) is 26.4 Å². The summed E-state index contributed by atoms with van der Waals surface area (Å²) in [5.74, 6) is 1.25. The molecule has 1 saturated heterocycles.